The van der Waals surface area contributed by atoms with Crippen molar-refractivity contribution in [2.75, 3.05) is 0 Å². The van der Waals surface area contributed by atoms with E-state index < -0.39 is 51.6 Å². The summed E-state index contributed by atoms with van der Waals surface area (Å²) in [6, 6.07) is 0. The van der Waals surface area contributed by atoms with Crippen molar-refractivity contribution >= 4 is 11.8 Å². The first-order valence-electron chi connectivity index (χ1n) is 3.81. The van der Waals surface area contributed by atoms with Crippen molar-refractivity contribution in [2.24, 2.45) is 0 Å². The van der Waals surface area contributed by atoms with Crippen LogP contribution in [0.2, 0.25) is 0 Å². The first-order chi connectivity index (χ1) is 7.97. The van der Waals surface area contributed by atoms with Gasteiger partial charge in [-0.25, -0.2) is 8.78 Å². The monoisotopic (exact) mass is 301 g/mol. The Morgan fingerprint density at radius 1 is 0.778 bits per heavy atom. The quantitative estimate of drug-likeness (QED) is 0.467. The van der Waals surface area contributed by atoms with Gasteiger partial charge in [-0.2, -0.15) is 35.7 Å². The number of rotatable bonds is 2. The third-order valence-electron chi connectivity index (χ3n) is 1.52. The Balaban J connectivity index is 3.28. The van der Waals surface area contributed by atoms with Gasteiger partial charge in [0.15, 0.2) is 11.6 Å². The van der Waals surface area contributed by atoms with Gasteiger partial charge in [-0.1, -0.05) is 0 Å². The van der Waals surface area contributed by atoms with Crippen molar-refractivity contribution in [2.45, 2.75) is 16.3 Å². The molecule has 0 aliphatic rings. The normalized spacial score (nSPS) is 12.9. The second kappa shape index (κ2) is 4.52. The van der Waals surface area contributed by atoms with Gasteiger partial charge < -0.3 is 0 Å². The van der Waals surface area contributed by atoms with Crippen LogP contribution < -0.4 is 0 Å². The minimum Gasteiger partial charge on any atom is -0.201 e. The van der Waals surface area contributed by atoms with E-state index in [1.54, 1.807) is 0 Å². The highest BCUT2D eigenvalue weighted by molar-refractivity contribution is 8.00. The topological polar surface area (TPSA) is 12.9 Å². The molecular weight excluding hydrogens is 301 g/mol. The van der Waals surface area contributed by atoms with E-state index in [4.69, 9.17) is 0 Å². The maximum Gasteiger partial charge on any atom is 0.464 e. The van der Waals surface area contributed by atoms with Crippen molar-refractivity contribution < 1.29 is 39.5 Å². The molecule has 0 N–H and O–H groups in total. The van der Waals surface area contributed by atoms with Gasteiger partial charge in [0.2, 0.25) is 0 Å². The number of thioether (sulfide) groups is 1. The number of hydrogen-bond donors (Lipinski definition) is 0. The molecule has 1 rings (SSSR count). The first kappa shape index (κ1) is 14.9. The van der Waals surface area contributed by atoms with Crippen LogP contribution in [0.1, 0.15) is 0 Å². The average Bonchev–Trinajstić information content (AvgIpc) is 2.20. The van der Waals surface area contributed by atoms with Crippen LogP contribution in [0.4, 0.5) is 39.5 Å². The molecule has 0 atom stereocenters. The van der Waals surface area contributed by atoms with Gasteiger partial charge in [-0.3, -0.25) is 0 Å². The van der Waals surface area contributed by atoms with E-state index in [-0.39, 0.29) is 0 Å². The van der Waals surface area contributed by atoms with Crippen molar-refractivity contribution in [1.29, 1.82) is 0 Å². The van der Waals surface area contributed by atoms with Crippen LogP contribution in [0.15, 0.2) is 4.90 Å². The fraction of sp³-hybridized carbons (Fsp3) is 0.286. The molecule has 0 bridgehead atoms. The fourth-order valence-corrected chi connectivity index (χ4v) is 1.46. The molecular formula is C7F9NS. The zero-order valence-electron chi connectivity index (χ0n) is 7.76. The summed E-state index contributed by atoms with van der Waals surface area (Å²) in [5.74, 6) is -9.51. The lowest BCUT2D eigenvalue weighted by atomic mass is 10.4. The maximum atomic E-state index is 12.8. The molecule has 0 saturated carbocycles. The van der Waals surface area contributed by atoms with E-state index >= 15 is 0 Å². The highest BCUT2D eigenvalue weighted by Gasteiger charge is 2.59. The molecule has 0 aliphatic carbocycles. The third-order valence-corrected chi connectivity index (χ3v) is 2.57. The molecule has 0 saturated heterocycles. The Kier molecular flexibility index (Phi) is 3.75. The lowest BCUT2D eigenvalue weighted by Crippen LogP contribution is -2.33. The Bertz CT molecular complexity index is 443. The third kappa shape index (κ3) is 2.65. The zero-order chi connectivity index (χ0) is 14.3. The highest BCUT2D eigenvalue weighted by atomic mass is 32.2. The van der Waals surface area contributed by atoms with Crippen LogP contribution in [0, 0.1) is 23.5 Å². The van der Waals surface area contributed by atoms with Gasteiger partial charge in [-0.05, 0) is 11.8 Å². The Morgan fingerprint density at radius 2 is 1.17 bits per heavy atom. The highest BCUT2D eigenvalue weighted by Crippen LogP contribution is 2.48. The molecule has 11 heteroatoms. The van der Waals surface area contributed by atoms with Crippen LogP contribution in [-0.2, 0) is 0 Å². The standard InChI is InChI=1S/C7F9NS/c8-1-3(2(9)5(11)17-4(1)10)18-7(15,16)6(12,13)14. The van der Waals surface area contributed by atoms with Crippen molar-refractivity contribution in [3.8, 4) is 0 Å². The van der Waals surface area contributed by atoms with E-state index in [2.05, 4.69) is 0 Å². The van der Waals surface area contributed by atoms with E-state index in [9.17, 15) is 39.5 Å². The predicted molar refractivity (Wildman–Crippen MR) is 40.9 cm³/mol. The Labute approximate surface area is 97.0 Å². The maximum absolute atomic E-state index is 12.8. The molecule has 1 nitrogen and oxygen atoms in total. The van der Waals surface area contributed by atoms with Crippen LogP contribution in [-0.4, -0.2) is 16.4 Å². The van der Waals surface area contributed by atoms with Crippen molar-refractivity contribution in [3.05, 3.63) is 23.5 Å². The lowest BCUT2D eigenvalue weighted by Gasteiger charge is -2.19. The molecule has 0 unspecified atom stereocenters. The number of hydrogen-bond acceptors (Lipinski definition) is 2. The molecule has 18 heavy (non-hydrogen) atoms. The Hall–Kier alpha value is -1.13. The molecule has 0 radical (unpaired) electrons. The van der Waals surface area contributed by atoms with E-state index in [0.717, 1.165) is 0 Å². The molecule has 0 fully saturated rings. The number of aromatic nitrogens is 1. The summed E-state index contributed by atoms with van der Waals surface area (Å²) >= 11 is -1.69. The summed E-state index contributed by atoms with van der Waals surface area (Å²) in [5, 5.41) is -5.62. The molecule has 0 spiro atoms. The number of alkyl halides is 5. The van der Waals surface area contributed by atoms with Crippen LogP contribution in [0.5, 0.6) is 0 Å². The molecule has 1 heterocycles. The summed E-state index contributed by atoms with van der Waals surface area (Å²) < 4.78 is 111. The molecule has 1 aromatic heterocycles. The van der Waals surface area contributed by atoms with E-state index in [0.29, 0.717) is 0 Å². The summed E-state index contributed by atoms with van der Waals surface area (Å²) in [5.41, 5.74) is 0. The van der Waals surface area contributed by atoms with E-state index in [1.165, 1.54) is 0 Å². The lowest BCUT2D eigenvalue weighted by molar-refractivity contribution is -0.237. The Morgan fingerprint density at radius 3 is 1.50 bits per heavy atom. The summed E-state index contributed by atoms with van der Waals surface area (Å²) in [4.78, 5) is -0.134. The van der Waals surface area contributed by atoms with Crippen LogP contribution >= 0.6 is 11.8 Å². The average molecular weight is 301 g/mol. The molecule has 0 amide bonds. The van der Waals surface area contributed by atoms with Gasteiger partial charge in [0.1, 0.15) is 0 Å². The number of halogens is 9. The SMILES string of the molecule is Fc1nc(F)c(F)c(SC(F)(F)C(F)(F)F)c1F. The van der Waals surface area contributed by atoms with Crippen molar-refractivity contribution in [3.63, 3.8) is 0 Å². The van der Waals surface area contributed by atoms with Gasteiger partial charge in [0, 0.05) is 0 Å². The second-order valence-corrected chi connectivity index (χ2v) is 3.89. The van der Waals surface area contributed by atoms with Crippen LogP contribution in [0.25, 0.3) is 0 Å². The van der Waals surface area contributed by atoms with Gasteiger partial charge in [0.25, 0.3) is 11.9 Å². The minimum atomic E-state index is -6.15. The second-order valence-electron chi connectivity index (χ2n) is 2.77. The summed E-state index contributed by atoms with van der Waals surface area (Å²) in [6.45, 7) is 0. The van der Waals surface area contributed by atoms with Gasteiger partial charge in [-0.15, -0.1) is 0 Å². The number of pyridine rings is 1. The zero-order valence-corrected chi connectivity index (χ0v) is 8.57. The van der Waals surface area contributed by atoms with Gasteiger partial charge >= 0.3 is 11.4 Å². The summed E-state index contributed by atoms with van der Waals surface area (Å²) in [7, 11) is 0. The largest absolute Gasteiger partial charge is 0.464 e. The molecule has 102 valence electrons. The summed E-state index contributed by atoms with van der Waals surface area (Å²) in [6.07, 6.45) is -6.15. The minimum absolute atomic E-state index is 1.69. The first-order valence-corrected chi connectivity index (χ1v) is 4.62. The van der Waals surface area contributed by atoms with E-state index in [1.807, 2.05) is 4.98 Å². The number of nitrogens with zero attached hydrogens (tertiary/aromatic N) is 1. The molecule has 0 aromatic carbocycles. The fourth-order valence-electron chi connectivity index (χ4n) is 0.744. The van der Waals surface area contributed by atoms with Gasteiger partial charge in [0.05, 0.1) is 4.90 Å². The molecule has 1 aromatic rings. The van der Waals surface area contributed by atoms with Crippen molar-refractivity contribution in [1.82, 2.24) is 4.98 Å². The van der Waals surface area contributed by atoms with Crippen LogP contribution in [0.3, 0.4) is 0 Å². The smallest absolute Gasteiger partial charge is 0.201 e. The molecule has 0 aliphatic heterocycles. The predicted octanol–water partition coefficient (Wildman–Crippen LogP) is 3.89.